The highest BCUT2D eigenvalue weighted by Gasteiger charge is 2.23. The Bertz CT molecular complexity index is 740. The van der Waals surface area contributed by atoms with E-state index < -0.39 is 16.1 Å². The lowest BCUT2D eigenvalue weighted by atomic mass is 9.79. The number of esters is 1. The van der Waals surface area contributed by atoms with Gasteiger partial charge in [0.2, 0.25) is 0 Å². The van der Waals surface area contributed by atoms with E-state index >= 15 is 0 Å². The minimum absolute atomic E-state index is 0. The van der Waals surface area contributed by atoms with Crippen LogP contribution in [0.5, 0.6) is 0 Å². The van der Waals surface area contributed by atoms with Crippen LogP contribution < -0.4 is 6.15 Å². The molecule has 0 saturated heterocycles. The first-order chi connectivity index (χ1) is 11.4. The van der Waals surface area contributed by atoms with E-state index in [0.717, 1.165) is 11.1 Å². The van der Waals surface area contributed by atoms with Crippen LogP contribution in [-0.2, 0) is 29.8 Å². The molecule has 0 aromatic heterocycles. The molecule has 1 aromatic carbocycles. The molecule has 0 spiro atoms. The van der Waals surface area contributed by atoms with Crippen LogP contribution in [0.2, 0.25) is 0 Å². The SMILES string of the molecule is C=C(C)C(=O)OCCOCCC(C)(C)c1ccc(S(=O)(=O)O)cc1C.N. The van der Waals surface area contributed by atoms with Crippen molar-refractivity contribution in [3.63, 3.8) is 0 Å². The van der Waals surface area contributed by atoms with Crippen molar-refractivity contribution in [2.24, 2.45) is 0 Å². The largest absolute Gasteiger partial charge is 0.460 e. The first-order valence-corrected chi connectivity index (χ1v) is 9.38. The standard InChI is InChI=1S/C18H26O6S.H3N/c1-13(2)17(19)24-11-10-23-9-8-18(4,5)16-7-6-15(12-14(16)3)25(20,21)22;/h6-7,12H,1,8-11H2,2-5H3,(H,20,21,22);1H3. The first kappa shape index (κ1) is 24.3. The summed E-state index contributed by atoms with van der Waals surface area (Å²) in [6.45, 7) is 11.9. The van der Waals surface area contributed by atoms with E-state index in [2.05, 4.69) is 6.58 Å². The minimum Gasteiger partial charge on any atom is -0.460 e. The molecular formula is C18H29NO6S. The summed E-state index contributed by atoms with van der Waals surface area (Å²) in [7, 11) is -4.20. The molecule has 0 bridgehead atoms. The fourth-order valence-corrected chi connectivity index (χ4v) is 3.00. The van der Waals surface area contributed by atoms with Gasteiger partial charge in [-0.1, -0.05) is 26.5 Å². The lowest BCUT2D eigenvalue weighted by molar-refractivity contribution is -0.140. The van der Waals surface area contributed by atoms with E-state index in [1.807, 2.05) is 20.8 Å². The summed E-state index contributed by atoms with van der Waals surface area (Å²) in [6.07, 6.45) is 0.702. The summed E-state index contributed by atoms with van der Waals surface area (Å²) >= 11 is 0. The zero-order valence-corrected chi connectivity index (χ0v) is 16.7. The van der Waals surface area contributed by atoms with Gasteiger partial charge in [-0.3, -0.25) is 4.55 Å². The third-order valence-electron chi connectivity index (χ3n) is 3.91. The van der Waals surface area contributed by atoms with Crippen LogP contribution in [0.4, 0.5) is 0 Å². The Hall–Kier alpha value is -1.74. The molecule has 0 amide bonds. The highest BCUT2D eigenvalue weighted by molar-refractivity contribution is 7.85. The topological polar surface area (TPSA) is 125 Å². The molecule has 148 valence electrons. The van der Waals surface area contributed by atoms with Crippen LogP contribution in [0.25, 0.3) is 0 Å². The second-order valence-corrected chi connectivity index (χ2v) is 8.04. The Balaban J connectivity index is 0.00000625. The van der Waals surface area contributed by atoms with Gasteiger partial charge in [0.15, 0.2) is 0 Å². The van der Waals surface area contributed by atoms with Crippen LogP contribution in [-0.4, -0.2) is 38.8 Å². The Morgan fingerprint density at radius 2 is 1.85 bits per heavy atom. The Morgan fingerprint density at radius 1 is 1.23 bits per heavy atom. The monoisotopic (exact) mass is 387 g/mol. The normalized spacial score (nSPS) is 11.6. The number of carbonyl (C=O) groups is 1. The zero-order valence-electron chi connectivity index (χ0n) is 15.9. The maximum absolute atomic E-state index is 11.2. The predicted molar refractivity (Wildman–Crippen MR) is 100 cm³/mol. The van der Waals surface area contributed by atoms with E-state index in [-0.39, 0.29) is 23.1 Å². The summed E-state index contributed by atoms with van der Waals surface area (Å²) in [6, 6.07) is 4.58. The second kappa shape index (κ2) is 9.82. The van der Waals surface area contributed by atoms with Crippen LogP contribution in [0.3, 0.4) is 0 Å². The van der Waals surface area contributed by atoms with Crippen molar-refractivity contribution in [1.29, 1.82) is 0 Å². The van der Waals surface area contributed by atoms with E-state index in [9.17, 15) is 13.2 Å². The quantitative estimate of drug-likeness (QED) is 0.288. The number of ether oxygens (including phenoxy) is 2. The van der Waals surface area contributed by atoms with Gasteiger partial charge in [0.05, 0.1) is 11.5 Å². The molecule has 8 heteroatoms. The molecule has 0 atom stereocenters. The van der Waals surface area contributed by atoms with Crippen LogP contribution in [0.1, 0.15) is 38.3 Å². The van der Waals surface area contributed by atoms with Crippen LogP contribution in [0, 0.1) is 6.92 Å². The second-order valence-electron chi connectivity index (χ2n) is 6.61. The summed E-state index contributed by atoms with van der Waals surface area (Å²) < 4.78 is 42.0. The average Bonchev–Trinajstić information content (AvgIpc) is 2.49. The van der Waals surface area contributed by atoms with Gasteiger partial charge < -0.3 is 15.6 Å². The van der Waals surface area contributed by atoms with E-state index in [1.165, 1.54) is 12.1 Å². The van der Waals surface area contributed by atoms with E-state index in [4.69, 9.17) is 14.0 Å². The number of hydrogen-bond donors (Lipinski definition) is 2. The lowest BCUT2D eigenvalue weighted by Gasteiger charge is -2.27. The molecule has 0 unspecified atom stereocenters. The number of benzene rings is 1. The number of carbonyl (C=O) groups excluding carboxylic acids is 1. The summed E-state index contributed by atoms with van der Waals surface area (Å²) in [5.74, 6) is -0.432. The maximum atomic E-state index is 11.2. The highest BCUT2D eigenvalue weighted by Crippen LogP contribution is 2.31. The van der Waals surface area contributed by atoms with Crippen molar-refractivity contribution in [1.82, 2.24) is 6.15 Å². The van der Waals surface area contributed by atoms with Crippen molar-refractivity contribution in [2.75, 3.05) is 19.8 Å². The maximum Gasteiger partial charge on any atom is 0.333 e. The van der Waals surface area contributed by atoms with Crippen molar-refractivity contribution in [3.05, 3.63) is 41.5 Å². The van der Waals surface area contributed by atoms with Crippen molar-refractivity contribution >= 4 is 16.1 Å². The predicted octanol–water partition coefficient (Wildman–Crippen LogP) is 3.21. The Morgan fingerprint density at radius 3 is 2.35 bits per heavy atom. The van der Waals surface area contributed by atoms with Gasteiger partial charge in [-0.25, -0.2) is 4.79 Å². The van der Waals surface area contributed by atoms with Crippen molar-refractivity contribution < 1.29 is 27.2 Å². The third kappa shape index (κ3) is 7.25. The molecule has 4 N–H and O–H groups in total. The van der Waals surface area contributed by atoms with Gasteiger partial charge in [0.1, 0.15) is 6.61 Å². The van der Waals surface area contributed by atoms with Gasteiger partial charge in [-0.2, -0.15) is 8.42 Å². The van der Waals surface area contributed by atoms with E-state index in [0.29, 0.717) is 25.2 Å². The summed E-state index contributed by atoms with van der Waals surface area (Å²) in [4.78, 5) is 11.1. The van der Waals surface area contributed by atoms with Gasteiger partial charge in [0.25, 0.3) is 10.1 Å². The minimum atomic E-state index is -4.20. The molecule has 0 aliphatic heterocycles. The first-order valence-electron chi connectivity index (χ1n) is 7.94. The molecule has 0 aliphatic carbocycles. The molecule has 0 heterocycles. The van der Waals surface area contributed by atoms with Crippen molar-refractivity contribution in [2.45, 2.75) is 44.4 Å². The molecule has 1 aromatic rings. The lowest BCUT2D eigenvalue weighted by Crippen LogP contribution is -2.22. The molecule has 0 saturated carbocycles. The van der Waals surface area contributed by atoms with Crippen LogP contribution >= 0.6 is 0 Å². The van der Waals surface area contributed by atoms with Gasteiger partial charge in [-0.05, 0) is 48.9 Å². The number of aryl methyl sites for hydroxylation is 1. The fraction of sp³-hybridized carbons (Fsp3) is 0.500. The van der Waals surface area contributed by atoms with Crippen molar-refractivity contribution in [3.8, 4) is 0 Å². The summed E-state index contributed by atoms with van der Waals surface area (Å²) in [5, 5.41) is 0. The zero-order chi connectivity index (χ0) is 19.3. The molecule has 1 rings (SSSR count). The van der Waals surface area contributed by atoms with Gasteiger partial charge in [0, 0.05) is 12.2 Å². The molecule has 7 nitrogen and oxygen atoms in total. The number of rotatable bonds is 9. The Kier molecular flexibility index (Phi) is 9.16. The fourth-order valence-electron chi connectivity index (χ4n) is 2.44. The molecule has 0 aliphatic rings. The van der Waals surface area contributed by atoms with Gasteiger partial charge in [-0.15, -0.1) is 0 Å². The molecule has 26 heavy (non-hydrogen) atoms. The molecule has 0 fully saturated rings. The smallest absolute Gasteiger partial charge is 0.333 e. The van der Waals surface area contributed by atoms with Gasteiger partial charge >= 0.3 is 5.97 Å². The number of hydrogen-bond acceptors (Lipinski definition) is 6. The van der Waals surface area contributed by atoms with E-state index in [1.54, 1.807) is 13.0 Å². The Labute approximate surface area is 155 Å². The third-order valence-corrected chi connectivity index (χ3v) is 4.76. The van der Waals surface area contributed by atoms with Crippen LogP contribution in [0.15, 0.2) is 35.2 Å². The molecule has 0 radical (unpaired) electrons. The molecular weight excluding hydrogens is 358 g/mol. The highest BCUT2D eigenvalue weighted by atomic mass is 32.2. The summed E-state index contributed by atoms with van der Waals surface area (Å²) in [5.41, 5.74) is 1.88. The average molecular weight is 387 g/mol.